The quantitative estimate of drug-likeness (QED) is 0.621. The van der Waals surface area contributed by atoms with Crippen molar-refractivity contribution in [3.8, 4) is 11.5 Å². The minimum atomic E-state index is -0.325. The summed E-state index contributed by atoms with van der Waals surface area (Å²) in [7, 11) is 4.71. The zero-order chi connectivity index (χ0) is 17.0. The van der Waals surface area contributed by atoms with E-state index in [1.165, 1.54) is 7.11 Å². The molecule has 0 aliphatic rings. The smallest absolute Gasteiger partial charge is 0.333 e. The van der Waals surface area contributed by atoms with Crippen LogP contribution >= 0.6 is 0 Å². The van der Waals surface area contributed by atoms with Crippen LogP contribution in [0.5, 0.6) is 11.5 Å². The van der Waals surface area contributed by atoms with Crippen LogP contribution < -0.4 is 9.47 Å². The van der Waals surface area contributed by atoms with Gasteiger partial charge in [0.15, 0.2) is 0 Å². The van der Waals surface area contributed by atoms with Crippen LogP contribution in [0, 0.1) is 6.92 Å². The van der Waals surface area contributed by atoms with E-state index in [0.29, 0.717) is 12.0 Å². The van der Waals surface area contributed by atoms with Gasteiger partial charge >= 0.3 is 5.97 Å². The van der Waals surface area contributed by atoms with Crippen LogP contribution in [0.3, 0.4) is 0 Å². The first-order valence-corrected chi connectivity index (χ1v) is 7.42. The van der Waals surface area contributed by atoms with Gasteiger partial charge in [-0.2, -0.15) is 0 Å². The highest BCUT2D eigenvalue weighted by molar-refractivity contribution is 5.96. The van der Waals surface area contributed by atoms with Crippen molar-refractivity contribution in [3.63, 3.8) is 0 Å². The lowest BCUT2D eigenvalue weighted by atomic mass is 9.96. The summed E-state index contributed by atoms with van der Waals surface area (Å²) >= 11 is 0. The molecule has 122 valence electrons. The van der Waals surface area contributed by atoms with Crippen LogP contribution in [0.25, 0.3) is 10.8 Å². The fourth-order valence-corrected chi connectivity index (χ4v) is 2.79. The fraction of sp³-hybridized carbons (Fsp3) is 0.316. The van der Waals surface area contributed by atoms with Crippen molar-refractivity contribution in [2.45, 2.75) is 20.3 Å². The van der Waals surface area contributed by atoms with E-state index in [-0.39, 0.29) is 5.97 Å². The summed E-state index contributed by atoms with van der Waals surface area (Å²) in [5.74, 6) is 1.32. The molecule has 23 heavy (non-hydrogen) atoms. The van der Waals surface area contributed by atoms with Crippen LogP contribution in [0.1, 0.15) is 18.1 Å². The molecule has 4 nitrogen and oxygen atoms in total. The van der Waals surface area contributed by atoms with Gasteiger partial charge in [-0.15, -0.1) is 0 Å². The minimum absolute atomic E-state index is 0.325. The normalized spacial score (nSPS) is 11.4. The minimum Gasteiger partial charge on any atom is -0.496 e. The molecule has 2 rings (SSSR count). The second kappa shape index (κ2) is 7.18. The highest BCUT2D eigenvalue weighted by Crippen LogP contribution is 2.40. The number of benzene rings is 2. The lowest BCUT2D eigenvalue weighted by Gasteiger charge is -2.18. The van der Waals surface area contributed by atoms with Gasteiger partial charge in [0.05, 0.1) is 21.3 Å². The molecule has 0 saturated heterocycles. The van der Waals surface area contributed by atoms with Gasteiger partial charge in [0.2, 0.25) is 0 Å². The zero-order valence-corrected chi connectivity index (χ0v) is 14.2. The number of carbonyl (C=O) groups is 1. The van der Waals surface area contributed by atoms with Crippen molar-refractivity contribution < 1.29 is 19.0 Å². The molecule has 0 N–H and O–H groups in total. The number of methoxy groups -OCH3 is 3. The number of rotatable bonds is 5. The van der Waals surface area contributed by atoms with E-state index >= 15 is 0 Å². The lowest BCUT2D eigenvalue weighted by molar-refractivity contribution is -0.136. The molecule has 0 heterocycles. The molecule has 2 aromatic rings. The molecule has 0 radical (unpaired) electrons. The van der Waals surface area contributed by atoms with Gasteiger partial charge in [-0.1, -0.05) is 30.3 Å². The number of fused-ring (bicyclic) bond motifs is 1. The first-order chi connectivity index (χ1) is 11.0. The van der Waals surface area contributed by atoms with Crippen molar-refractivity contribution in [1.29, 1.82) is 0 Å². The molecular formula is C19H22O4. The summed E-state index contributed by atoms with van der Waals surface area (Å²) in [5, 5.41) is 2.01. The molecule has 0 aliphatic heterocycles. The van der Waals surface area contributed by atoms with Gasteiger partial charge < -0.3 is 14.2 Å². The Bertz CT molecular complexity index is 760. The molecule has 2 aromatic carbocycles. The van der Waals surface area contributed by atoms with Gasteiger partial charge in [0.25, 0.3) is 0 Å². The monoisotopic (exact) mass is 314 g/mol. The molecule has 0 saturated carbocycles. The number of hydrogen-bond acceptors (Lipinski definition) is 4. The SMILES string of the molecule is COC(=O)/C(C)=C\Cc1c(C)c(OC)c2ccccc2c1OC. The third-order valence-electron chi connectivity index (χ3n) is 4.01. The van der Waals surface area contributed by atoms with E-state index < -0.39 is 0 Å². The van der Waals surface area contributed by atoms with E-state index in [2.05, 4.69) is 0 Å². The van der Waals surface area contributed by atoms with Crippen molar-refractivity contribution in [2.24, 2.45) is 0 Å². The molecule has 4 heteroatoms. The number of esters is 1. The Morgan fingerprint density at radius 2 is 1.61 bits per heavy atom. The van der Waals surface area contributed by atoms with Crippen LogP contribution in [-0.4, -0.2) is 27.3 Å². The second-order valence-electron chi connectivity index (χ2n) is 5.30. The Morgan fingerprint density at radius 1 is 1.04 bits per heavy atom. The Labute approximate surface area is 136 Å². The first-order valence-electron chi connectivity index (χ1n) is 7.42. The zero-order valence-electron chi connectivity index (χ0n) is 14.2. The van der Waals surface area contributed by atoms with Gasteiger partial charge in [0.1, 0.15) is 11.5 Å². The van der Waals surface area contributed by atoms with E-state index in [1.807, 2.05) is 37.3 Å². The third kappa shape index (κ3) is 3.16. The molecule has 0 spiro atoms. The lowest BCUT2D eigenvalue weighted by Crippen LogP contribution is -2.03. The highest BCUT2D eigenvalue weighted by Gasteiger charge is 2.17. The first kappa shape index (κ1) is 16.9. The Hall–Kier alpha value is -2.49. The van der Waals surface area contributed by atoms with Crippen LogP contribution in [-0.2, 0) is 16.0 Å². The van der Waals surface area contributed by atoms with Crippen molar-refractivity contribution in [1.82, 2.24) is 0 Å². The number of carbonyl (C=O) groups excluding carboxylic acids is 1. The molecule has 0 bridgehead atoms. The van der Waals surface area contributed by atoms with Crippen LogP contribution in [0.2, 0.25) is 0 Å². The maximum absolute atomic E-state index is 11.6. The third-order valence-corrected chi connectivity index (χ3v) is 4.01. The maximum atomic E-state index is 11.6. The van der Waals surface area contributed by atoms with Gasteiger partial charge in [0, 0.05) is 21.9 Å². The predicted octanol–water partition coefficient (Wildman–Crippen LogP) is 3.83. The van der Waals surface area contributed by atoms with E-state index in [1.54, 1.807) is 21.1 Å². The van der Waals surface area contributed by atoms with Crippen molar-refractivity contribution in [3.05, 3.63) is 47.0 Å². The standard InChI is InChI=1S/C19H22O4/c1-12(19(20)23-5)10-11-14-13(2)17(21-3)15-8-6-7-9-16(15)18(14)22-4/h6-10H,11H2,1-5H3/b12-10-. The van der Waals surface area contributed by atoms with Gasteiger partial charge in [-0.25, -0.2) is 4.79 Å². The van der Waals surface area contributed by atoms with E-state index in [0.717, 1.165) is 33.4 Å². The summed E-state index contributed by atoms with van der Waals surface area (Å²) in [6.07, 6.45) is 2.42. The van der Waals surface area contributed by atoms with Gasteiger partial charge in [-0.3, -0.25) is 0 Å². The second-order valence-corrected chi connectivity index (χ2v) is 5.30. The van der Waals surface area contributed by atoms with Crippen molar-refractivity contribution >= 4 is 16.7 Å². The average Bonchev–Trinajstić information content (AvgIpc) is 2.58. The molecule has 0 aliphatic carbocycles. The Morgan fingerprint density at radius 3 is 2.13 bits per heavy atom. The number of allylic oxidation sites excluding steroid dienone is 1. The van der Waals surface area contributed by atoms with Gasteiger partial charge in [-0.05, 0) is 25.8 Å². The van der Waals surface area contributed by atoms with Crippen LogP contribution in [0.15, 0.2) is 35.9 Å². The molecular weight excluding hydrogens is 292 g/mol. The van der Waals surface area contributed by atoms with E-state index in [4.69, 9.17) is 14.2 Å². The molecule has 0 atom stereocenters. The predicted molar refractivity (Wildman–Crippen MR) is 91.3 cm³/mol. The summed E-state index contributed by atoms with van der Waals surface area (Å²) in [6.45, 7) is 3.75. The molecule has 0 unspecified atom stereocenters. The summed E-state index contributed by atoms with van der Waals surface area (Å²) in [4.78, 5) is 11.6. The molecule has 0 amide bonds. The molecule has 0 fully saturated rings. The Balaban J connectivity index is 2.63. The fourth-order valence-electron chi connectivity index (χ4n) is 2.79. The topological polar surface area (TPSA) is 44.8 Å². The average molecular weight is 314 g/mol. The summed E-state index contributed by atoms with van der Waals surface area (Å²) in [5.41, 5.74) is 2.59. The number of hydrogen-bond donors (Lipinski definition) is 0. The van der Waals surface area contributed by atoms with E-state index in [9.17, 15) is 4.79 Å². The van der Waals surface area contributed by atoms with Crippen LogP contribution in [0.4, 0.5) is 0 Å². The Kier molecular flexibility index (Phi) is 5.27. The largest absolute Gasteiger partial charge is 0.496 e. The molecule has 0 aromatic heterocycles. The summed E-state index contributed by atoms with van der Waals surface area (Å²) < 4.78 is 16.0. The highest BCUT2D eigenvalue weighted by atomic mass is 16.5. The maximum Gasteiger partial charge on any atom is 0.333 e. The summed E-state index contributed by atoms with van der Waals surface area (Å²) in [6, 6.07) is 7.98. The van der Waals surface area contributed by atoms with Crippen molar-refractivity contribution in [2.75, 3.05) is 21.3 Å². The number of ether oxygens (including phenoxy) is 3.